The van der Waals surface area contributed by atoms with Gasteiger partial charge in [-0.2, -0.15) is 0 Å². The second-order valence-corrected chi connectivity index (χ2v) is 4.94. The lowest BCUT2D eigenvalue weighted by atomic mass is 10.1. The molecule has 1 aliphatic carbocycles. The number of hydrogen-bond donors (Lipinski definition) is 1. The molecule has 0 saturated heterocycles. The molecule has 1 amide bonds. The molecule has 0 bridgehead atoms. The molecule has 2 unspecified atom stereocenters. The van der Waals surface area contributed by atoms with Gasteiger partial charge in [-0.3, -0.25) is 4.79 Å². The van der Waals surface area contributed by atoms with E-state index in [-0.39, 0.29) is 17.3 Å². The van der Waals surface area contributed by atoms with Crippen molar-refractivity contribution in [2.45, 2.75) is 17.8 Å². The van der Waals surface area contributed by atoms with Crippen LogP contribution >= 0.6 is 11.6 Å². The van der Waals surface area contributed by atoms with Crippen LogP contribution in [0.5, 0.6) is 0 Å². The molecule has 1 aliphatic rings. The van der Waals surface area contributed by atoms with Gasteiger partial charge in [0.05, 0.1) is 23.2 Å². The zero-order valence-electron chi connectivity index (χ0n) is 9.60. The van der Waals surface area contributed by atoms with Crippen LogP contribution in [0.4, 0.5) is 0 Å². The van der Waals surface area contributed by atoms with Gasteiger partial charge in [-0.15, -0.1) is 11.6 Å². The Kier molecular flexibility index (Phi) is 2.84. The maximum absolute atomic E-state index is 12.0. The molecule has 1 N–H and O–H groups in total. The highest BCUT2D eigenvalue weighted by Gasteiger charge is 2.32. The van der Waals surface area contributed by atoms with Gasteiger partial charge in [-0.1, -0.05) is 24.3 Å². The monoisotopic (exact) mass is 261 g/mol. The highest BCUT2D eigenvalue weighted by Crippen LogP contribution is 2.34. The molecule has 0 radical (unpaired) electrons. The minimum atomic E-state index is -0.156. The molecule has 2 atom stereocenters. The van der Waals surface area contributed by atoms with Crippen LogP contribution in [0.1, 0.15) is 27.5 Å². The number of halogens is 1. The topological polar surface area (TPSA) is 42.2 Å². The van der Waals surface area contributed by atoms with Gasteiger partial charge in [-0.25, -0.2) is 0 Å². The van der Waals surface area contributed by atoms with E-state index in [1.807, 2.05) is 18.2 Å². The predicted molar refractivity (Wildman–Crippen MR) is 68.7 cm³/mol. The van der Waals surface area contributed by atoms with E-state index < -0.39 is 0 Å². The first-order chi connectivity index (χ1) is 8.75. The van der Waals surface area contributed by atoms with E-state index in [9.17, 15) is 4.79 Å². The number of amides is 1. The molecule has 0 fully saturated rings. The van der Waals surface area contributed by atoms with Crippen molar-refractivity contribution < 1.29 is 9.21 Å². The van der Waals surface area contributed by atoms with Crippen LogP contribution in [-0.2, 0) is 6.42 Å². The minimum absolute atomic E-state index is 0.0988. The van der Waals surface area contributed by atoms with Crippen molar-refractivity contribution in [3.05, 3.63) is 59.5 Å². The van der Waals surface area contributed by atoms with Crippen molar-refractivity contribution in [3.8, 4) is 0 Å². The quantitative estimate of drug-likeness (QED) is 0.845. The van der Waals surface area contributed by atoms with Crippen molar-refractivity contribution in [1.82, 2.24) is 5.32 Å². The lowest BCUT2D eigenvalue weighted by Gasteiger charge is -2.16. The van der Waals surface area contributed by atoms with Crippen LogP contribution in [0.3, 0.4) is 0 Å². The molecule has 1 aromatic carbocycles. The maximum Gasteiger partial charge on any atom is 0.255 e. The van der Waals surface area contributed by atoms with Gasteiger partial charge < -0.3 is 9.73 Å². The van der Waals surface area contributed by atoms with E-state index >= 15 is 0 Å². The summed E-state index contributed by atoms with van der Waals surface area (Å²) in [6, 6.07) is 9.52. The van der Waals surface area contributed by atoms with Crippen molar-refractivity contribution in [1.29, 1.82) is 0 Å². The minimum Gasteiger partial charge on any atom is -0.472 e. The summed E-state index contributed by atoms with van der Waals surface area (Å²) in [5.41, 5.74) is 2.83. The zero-order valence-corrected chi connectivity index (χ0v) is 10.4. The van der Waals surface area contributed by atoms with E-state index in [4.69, 9.17) is 16.0 Å². The number of nitrogens with one attached hydrogen (secondary N) is 1. The van der Waals surface area contributed by atoms with Gasteiger partial charge in [0, 0.05) is 0 Å². The summed E-state index contributed by atoms with van der Waals surface area (Å²) in [5.74, 6) is -0.156. The normalized spacial score (nSPS) is 21.6. The van der Waals surface area contributed by atoms with Crippen molar-refractivity contribution in [3.63, 3.8) is 0 Å². The standard InChI is InChI=1S/C14H12ClNO2/c15-12-7-9-3-1-2-4-11(9)13(12)16-14(17)10-5-6-18-8-10/h1-6,8,12-13H,7H2,(H,16,17). The smallest absolute Gasteiger partial charge is 0.255 e. The fraction of sp³-hybridized carbons (Fsp3) is 0.214. The number of alkyl halides is 1. The van der Waals surface area contributed by atoms with E-state index in [0.717, 1.165) is 12.0 Å². The van der Waals surface area contributed by atoms with Gasteiger partial charge in [0.1, 0.15) is 6.26 Å². The van der Waals surface area contributed by atoms with Crippen molar-refractivity contribution >= 4 is 17.5 Å². The Bertz CT molecular complexity index is 565. The third-order valence-electron chi connectivity index (χ3n) is 3.24. The Hall–Kier alpha value is -1.74. The first-order valence-electron chi connectivity index (χ1n) is 5.80. The van der Waals surface area contributed by atoms with Crippen LogP contribution in [0.15, 0.2) is 47.3 Å². The molecule has 18 heavy (non-hydrogen) atoms. The first kappa shape index (κ1) is 11.4. The molecule has 3 rings (SSSR count). The second-order valence-electron chi connectivity index (χ2n) is 4.38. The van der Waals surface area contributed by atoms with Gasteiger partial charge in [-0.05, 0) is 23.6 Å². The third-order valence-corrected chi connectivity index (χ3v) is 3.64. The molecule has 1 aromatic heterocycles. The fourth-order valence-electron chi connectivity index (χ4n) is 2.33. The predicted octanol–water partition coefficient (Wildman–Crippen LogP) is 2.91. The first-order valence-corrected chi connectivity index (χ1v) is 6.24. The Morgan fingerprint density at radius 3 is 2.94 bits per heavy atom. The van der Waals surface area contributed by atoms with Gasteiger partial charge in [0.2, 0.25) is 0 Å². The number of furan rings is 1. The summed E-state index contributed by atoms with van der Waals surface area (Å²) in [6.07, 6.45) is 3.70. The summed E-state index contributed by atoms with van der Waals surface area (Å²) in [6.45, 7) is 0. The lowest BCUT2D eigenvalue weighted by molar-refractivity contribution is 0.0936. The van der Waals surface area contributed by atoms with Crippen LogP contribution in [-0.4, -0.2) is 11.3 Å². The van der Waals surface area contributed by atoms with E-state index in [0.29, 0.717) is 5.56 Å². The molecule has 0 spiro atoms. The molecule has 3 nitrogen and oxygen atoms in total. The number of carbonyl (C=O) groups excluding carboxylic acids is 1. The molecule has 0 aliphatic heterocycles. The molecular formula is C14H12ClNO2. The van der Waals surface area contributed by atoms with E-state index in [1.165, 1.54) is 18.1 Å². The largest absolute Gasteiger partial charge is 0.472 e. The molecule has 2 aromatic rings. The molecule has 92 valence electrons. The number of benzene rings is 1. The van der Waals surface area contributed by atoms with Gasteiger partial charge >= 0.3 is 0 Å². The highest BCUT2D eigenvalue weighted by atomic mass is 35.5. The summed E-state index contributed by atoms with van der Waals surface area (Å²) in [4.78, 5) is 12.0. The van der Waals surface area contributed by atoms with Gasteiger partial charge in [0.15, 0.2) is 0 Å². The summed E-state index contributed by atoms with van der Waals surface area (Å²) < 4.78 is 4.90. The van der Waals surface area contributed by atoms with Crippen LogP contribution in [0, 0.1) is 0 Å². The molecule has 1 heterocycles. The fourth-order valence-corrected chi connectivity index (χ4v) is 2.70. The molecule has 4 heteroatoms. The average Bonchev–Trinajstić information content (AvgIpc) is 2.98. The summed E-state index contributed by atoms with van der Waals surface area (Å²) in [5, 5.41) is 2.86. The Morgan fingerprint density at radius 2 is 2.17 bits per heavy atom. The second kappa shape index (κ2) is 4.50. The third kappa shape index (κ3) is 1.91. The number of rotatable bonds is 2. The molecule has 0 saturated carbocycles. The number of carbonyl (C=O) groups is 1. The number of fused-ring (bicyclic) bond motifs is 1. The van der Waals surface area contributed by atoms with Gasteiger partial charge in [0.25, 0.3) is 5.91 Å². The van der Waals surface area contributed by atoms with Crippen molar-refractivity contribution in [2.75, 3.05) is 0 Å². The average molecular weight is 262 g/mol. The van der Waals surface area contributed by atoms with Crippen molar-refractivity contribution in [2.24, 2.45) is 0 Å². The summed E-state index contributed by atoms with van der Waals surface area (Å²) in [7, 11) is 0. The Labute approximate surface area is 110 Å². The summed E-state index contributed by atoms with van der Waals surface area (Å²) >= 11 is 6.31. The van der Waals surface area contributed by atoms with Crippen LogP contribution in [0.2, 0.25) is 0 Å². The maximum atomic E-state index is 12.0. The SMILES string of the molecule is O=C(NC1c2ccccc2CC1Cl)c1ccoc1. The Balaban J connectivity index is 1.83. The van der Waals surface area contributed by atoms with E-state index in [1.54, 1.807) is 6.07 Å². The van der Waals surface area contributed by atoms with E-state index in [2.05, 4.69) is 11.4 Å². The zero-order chi connectivity index (χ0) is 12.5. The van der Waals surface area contributed by atoms with Crippen LogP contribution in [0.25, 0.3) is 0 Å². The van der Waals surface area contributed by atoms with Crippen LogP contribution < -0.4 is 5.32 Å². The lowest BCUT2D eigenvalue weighted by Crippen LogP contribution is -2.31. The Morgan fingerprint density at radius 1 is 1.33 bits per heavy atom. The number of hydrogen-bond acceptors (Lipinski definition) is 2. The highest BCUT2D eigenvalue weighted by molar-refractivity contribution is 6.21. The molecular weight excluding hydrogens is 250 g/mol.